The van der Waals surface area contributed by atoms with Gasteiger partial charge in [0.05, 0.1) is 5.69 Å². The molecule has 1 amide bonds. The summed E-state index contributed by atoms with van der Waals surface area (Å²) in [5, 5.41) is 7.18. The van der Waals surface area contributed by atoms with E-state index in [0.29, 0.717) is 5.78 Å². The average Bonchev–Trinajstić information content (AvgIpc) is 2.67. The number of ketones is 1. The van der Waals surface area contributed by atoms with E-state index in [1.54, 1.807) is 4.68 Å². The molecule has 2 aliphatic rings. The Morgan fingerprint density at radius 2 is 2.00 bits per heavy atom. The number of nitrogens with one attached hydrogen (secondary N) is 1. The molecule has 2 fully saturated rings. The Kier molecular flexibility index (Phi) is 3.36. The molecule has 0 radical (unpaired) electrons. The number of carbonyl (C=O) groups excluding carboxylic acids is 2. The van der Waals surface area contributed by atoms with Crippen molar-refractivity contribution in [1.29, 1.82) is 0 Å². The van der Waals surface area contributed by atoms with Gasteiger partial charge in [-0.05, 0) is 32.6 Å². The number of aryl methyl sites for hydroxylation is 2. The second kappa shape index (κ2) is 5.04. The van der Waals surface area contributed by atoms with E-state index in [4.69, 9.17) is 0 Å². The topological polar surface area (TPSA) is 64.0 Å². The highest BCUT2D eigenvalue weighted by molar-refractivity contribution is 5.94. The van der Waals surface area contributed by atoms with Crippen LogP contribution in [-0.2, 0) is 16.6 Å². The highest BCUT2D eigenvalue weighted by Gasteiger charge is 2.41. The van der Waals surface area contributed by atoms with Crippen LogP contribution in [0.5, 0.6) is 0 Å². The van der Waals surface area contributed by atoms with E-state index in [2.05, 4.69) is 10.4 Å². The second-order valence-electron chi connectivity index (χ2n) is 6.18. The Morgan fingerprint density at radius 1 is 1.35 bits per heavy atom. The molecule has 3 rings (SSSR count). The number of aromatic nitrogens is 2. The van der Waals surface area contributed by atoms with Crippen LogP contribution in [-0.4, -0.2) is 21.5 Å². The first-order valence-corrected chi connectivity index (χ1v) is 7.40. The summed E-state index contributed by atoms with van der Waals surface area (Å²) in [6.45, 7) is 1.90. The zero-order valence-corrected chi connectivity index (χ0v) is 12.1. The molecule has 0 saturated heterocycles. The van der Waals surface area contributed by atoms with Crippen molar-refractivity contribution in [1.82, 2.24) is 9.78 Å². The lowest BCUT2D eigenvalue weighted by Gasteiger charge is -2.36. The summed E-state index contributed by atoms with van der Waals surface area (Å²) in [5.41, 5.74) is 0.887. The summed E-state index contributed by atoms with van der Waals surface area (Å²) in [6.07, 6.45) is 4.50. The molecule has 108 valence electrons. The molecule has 2 unspecified atom stereocenters. The Bertz CT molecular complexity index is 533. The first-order valence-electron chi connectivity index (χ1n) is 7.40. The number of fused-ring (bicyclic) bond motifs is 2. The van der Waals surface area contributed by atoms with Crippen molar-refractivity contribution >= 4 is 17.5 Å². The number of hydrogen-bond acceptors (Lipinski definition) is 3. The SMILES string of the molecule is Cc1cc(NC(=O)C2CC3CCCC(C2)C3=O)n(C)n1. The van der Waals surface area contributed by atoms with Gasteiger partial charge >= 0.3 is 0 Å². The summed E-state index contributed by atoms with van der Waals surface area (Å²) in [7, 11) is 1.82. The number of amides is 1. The number of Topliss-reactive ketones (excluding diaryl/α,β-unsaturated/α-hetero) is 1. The maximum absolute atomic E-state index is 12.4. The van der Waals surface area contributed by atoms with E-state index < -0.39 is 0 Å². The van der Waals surface area contributed by atoms with Gasteiger partial charge in [0.2, 0.25) is 5.91 Å². The van der Waals surface area contributed by atoms with E-state index in [1.807, 2.05) is 20.0 Å². The zero-order valence-electron chi connectivity index (χ0n) is 12.1. The largest absolute Gasteiger partial charge is 0.311 e. The van der Waals surface area contributed by atoms with Gasteiger partial charge in [0.1, 0.15) is 11.6 Å². The van der Waals surface area contributed by atoms with Crippen molar-refractivity contribution in [2.45, 2.75) is 39.0 Å². The Hall–Kier alpha value is -1.65. The number of carbonyl (C=O) groups is 2. The number of rotatable bonds is 2. The molecule has 0 aromatic carbocycles. The lowest BCUT2D eigenvalue weighted by atomic mass is 9.67. The van der Waals surface area contributed by atoms with Gasteiger partial charge in [-0.2, -0.15) is 5.10 Å². The van der Waals surface area contributed by atoms with Crippen LogP contribution in [0.4, 0.5) is 5.82 Å². The number of nitrogens with zero attached hydrogens (tertiary/aromatic N) is 2. The maximum atomic E-state index is 12.4. The van der Waals surface area contributed by atoms with Crippen LogP contribution in [0.25, 0.3) is 0 Å². The van der Waals surface area contributed by atoms with Gasteiger partial charge < -0.3 is 5.32 Å². The summed E-state index contributed by atoms with van der Waals surface area (Å²) in [4.78, 5) is 24.4. The smallest absolute Gasteiger partial charge is 0.228 e. The van der Waals surface area contributed by atoms with E-state index in [1.165, 1.54) is 0 Å². The first kappa shape index (κ1) is 13.3. The highest BCUT2D eigenvalue weighted by atomic mass is 16.2. The minimum atomic E-state index is -0.0294. The summed E-state index contributed by atoms with van der Waals surface area (Å²) >= 11 is 0. The van der Waals surface area contributed by atoms with Crippen LogP contribution in [0.2, 0.25) is 0 Å². The fourth-order valence-electron chi connectivity index (χ4n) is 3.65. The molecule has 2 bridgehead atoms. The molecular formula is C15H21N3O2. The van der Waals surface area contributed by atoms with E-state index >= 15 is 0 Å². The van der Waals surface area contributed by atoms with E-state index in [9.17, 15) is 9.59 Å². The fourth-order valence-corrected chi connectivity index (χ4v) is 3.65. The van der Waals surface area contributed by atoms with Crippen LogP contribution in [0.15, 0.2) is 6.07 Å². The maximum Gasteiger partial charge on any atom is 0.228 e. The Morgan fingerprint density at radius 3 is 2.55 bits per heavy atom. The van der Waals surface area contributed by atoms with Crippen LogP contribution in [0, 0.1) is 24.7 Å². The number of hydrogen-bond donors (Lipinski definition) is 1. The highest BCUT2D eigenvalue weighted by Crippen LogP contribution is 2.40. The monoisotopic (exact) mass is 275 g/mol. The molecule has 1 N–H and O–H groups in total. The molecule has 2 atom stereocenters. The molecule has 0 aliphatic heterocycles. The third-order valence-electron chi connectivity index (χ3n) is 4.67. The lowest BCUT2D eigenvalue weighted by molar-refractivity contribution is -0.136. The summed E-state index contributed by atoms with van der Waals surface area (Å²) in [5.74, 6) is 1.37. The molecule has 1 aromatic heterocycles. The van der Waals surface area contributed by atoms with Gasteiger partial charge in [-0.3, -0.25) is 14.3 Å². The van der Waals surface area contributed by atoms with Gasteiger partial charge in [-0.1, -0.05) is 6.42 Å². The predicted molar refractivity (Wildman–Crippen MR) is 75.1 cm³/mol. The standard InChI is InChI=1S/C15H21N3O2/c1-9-6-13(18(2)17-9)16-15(20)12-7-10-4-3-5-11(8-12)14(10)19/h6,10-12H,3-5,7-8H2,1-2H3,(H,16,20). The minimum absolute atomic E-state index is 0.0294. The second-order valence-corrected chi connectivity index (χ2v) is 6.18. The van der Waals surface area contributed by atoms with Gasteiger partial charge in [0.15, 0.2) is 0 Å². The van der Waals surface area contributed by atoms with Crippen LogP contribution < -0.4 is 5.32 Å². The van der Waals surface area contributed by atoms with Crippen molar-refractivity contribution in [2.75, 3.05) is 5.32 Å². The summed E-state index contributed by atoms with van der Waals surface area (Å²) in [6, 6.07) is 1.87. The van der Waals surface area contributed by atoms with Gasteiger partial charge in [0, 0.05) is 30.9 Å². The molecule has 0 spiro atoms. The van der Waals surface area contributed by atoms with E-state index in [0.717, 1.165) is 43.6 Å². The Labute approximate surface area is 118 Å². The van der Waals surface area contributed by atoms with Crippen LogP contribution in [0.3, 0.4) is 0 Å². The van der Waals surface area contributed by atoms with Crippen molar-refractivity contribution in [2.24, 2.45) is 24.8 Å². The van der Waals surface area contributed by atoms with Crippen LogP contribution in [0.1, 0.15) is 37.8 Å². The third-order valence-corrected chi connectivity index (χ3v) is 4.67. The molecule has 1 heterocycles. The van der Waals surface area contributed by atoms with Crippen molar-refractivity contribution in [3.05, 3.63) is 11.8 Å². The summed E-state index contributed by atoms with van der Waals surface area (Å²) < 4.78 is 1.68. The average molecular weight is 275 g/mol. The molecule has 2 aliphatic carbocycles. The van der Waals surface area contributed by atoms with Gasteiger partial charge in [-0.15, -0.1) is 0 Å². The molecule has 5 nitrogen and oxygen atoms in total. The minimum Gasteiger partial charge on any atom is -0.311 e. The van der Waals surface area contributed by atoms with Crippen molar-refractivity contribution < 1.29 is 9.59 Å². The molecular weight excluding hydrogens is 254 g/mol. The molecule has 2 saturated carbocycles. The Balaban J connectivity index is 1.69. The van der Waals surface area contributed by atoms with Gasteiger partial charge in [-0.25, -0.2) is 0 Å². The lowest BCUT2D eigenvalue weighted by Crippen LogP contribution is -2.40. The zero-order chi connectivity index (χ0) is 14.3. The van der Waals surface area contributed by atoms with E-state index in [-0.39, 0.29) is 23.7 Å². The third kappa shape index (κ3) is 2.37. The molecule has 5 heteroatoms. The first-order chi connectivity index (χ1) is 9.54. The fraction of sp³-hybridized carbons (Fsp3) is 0.667. The van der Waals surface area contributed by atoms with Crippen LogP contribution >= 0.6 is 0 Å². The van der Waals surface area contributed by atoms with Crippen molar-refractivity contribution in [3.63, 3.8) is 0 Å². The predicted octanol–water partition coefficient (Wildman–Crippen LogP) is 2.06. The number of anilines is 1. The van der Waals surface area contributed by atoms with Gasteiger partial charge in [0.25, 0.3) is 0 Å². The molecule has 20 heavy (non-hydrogen) atoms. The molecule has 1 aromatic rings. The quantitative estimate of drug-likeness (QED) is 0.898. The normalized spacial score (nSPS) is 29.3. The van der Waals surface area contributed by atoms with Crippen molar-refractivity contribution in [3.8, 4) is 0 Å².